The first-order chi connectivity index (χ1) is 10.1. The van der Waals surface area contributed by atoms with Crippen LogP contribution in [0.1, 0.15) is 29.5 Å². The smallest absolute Gasteiger partial charge is 0.321 e. The molecule has 0 radical (unpaired) electrons. The maximum Gasteiger partial charge on any atom is 0.321 e. The Hall–Kier alpha value is -2.12. The molecule has 7 heteroatoms. The van der Waals surface area contributed by atoms with Crippen molar-refractivity contribution in [3.05, 3.63) is 41.7 Å². The van der Waals surface area contributed by atoms with Gasteiger partial charge in [0.25, 0.3) is 0 Å². The second kappa shape index (κ2) is 5.71. The maximum atomic E-state index is 11.3. The molecule has 0 amide bonds. The number of carboxylic acids is 1. The number of nitrogens with one attached hydrogen (secondary N) is 2. The number of rotatable bonds is 6. The maximum absolute atomic E-state index is 11.3. The number of aliphatic carboxylic acids is 1. The highest BCUT2D eigenvalue weighted by Crippen LogP contribution is 2.29. The second-order valence-electron chi connectivity index (χ2n) is 5.26. The summed E-state index contributed by atoms with van der Waals surface area (Å²) in [5.74, 6) is -0.908. The minimum atomic E-state index is -0.908. The third-order valence-corrected chi connectivity index (χ3v) is 3.86. The molecule has 2 atom stereocenters. The van der Waals surface area contributed by atoms with Gasteiger partial charge in [-0.1, -0.05) is 0 Å². The van der Waals surface area contributed by atoms with E-state index in [-0.39, 0.29) is 0 Å². The summed E-state index contributed by atoms with van der Waals surface area (Å²) >= 11 is 0. The molecule has 0 saturated heterocycles. The fraction of sp³-hybridized carbons (Fsp3) is 0.429. The SMILES string of the molecule is O=C(O)C(Cc1c[nH]cn1)NCc1ccn2c1C(O)CC2. The van der Waals surface area contributed by atoms with Crippen molar-refractivity contribution >= 4 is 5.97 Å². The number of aryl methyl sites for hydroxylation is 1. The molecular weight excluding hydrogens is 272 g/mol. The van der Waals surface area contributed by atoms with Gasteiger partial charge in [0.2, 0.25) is 0 Å². The highest BCUT2D eigenvalue weighted by Gasteiger charge is 2.25. The number of carbonyl (C=O) groups is 1. The molecular formula is C14H18N4O3. The van der Waals surface area contributed by atoms with Crippen molar-refractivity contribution in [3.8, 4) is 0 Å². The summed E-state index contributed by atoms with van der Waals surface area (Å²) in [6, 6.07) is 1.22. The van der Waals surface area contributed by atoms with Gasteiger partial charge in [0, 0.05) is 31.9 Å². The Balaban J connectivity index is 1.66. The van der Waals surface area contributed by atoms with Crippen LogP contribution < -0.4 is 5.32 Å². The lowest BCUT2D eigenvalue weighted by atomic mass is 10.1. The third kappa shape index (κ3) is 2.84. The molecule has 2 aromatic heterocycles. The zero-order valence-electron chi connectivity index (χ0n) is 11.5. The minimum Gasteiger partial charge on any atom is -0.480 e. The lowest BCUT2D eigenvalue weighted by molar-refractivity contribution is -0.139. The summed E-state index contributed by atoms with van der Waals surface area (Å²) in [6.45, 7) is 1.23. The quantitative estimate of drug-likeness (QED) is 0.618. The van der Waals surface area contributed by atoms with E-state index in [1.165, 1.54) is 6.33 Å². The number of nitrogens with zero attached hydrogens (tertiary/aromatic N) is 2. The molecule has 0 bridgehead atoms. The molecule has 21 heavy (non-hydrogen) atoms. The normalized spacial score (nSPS) is 18.6. The number of hydrogen-bond donors (Lipinski definition) is 4. The summed E-state index contributed by atoms with van der Waals surface area (Å²) < 4.78 is 2.02. The first kappa shape index (κ1) is 13.8. The van der Waals surface area contributed by atoms with Crippen LogP contribution >= 0.6 is 0 Å². The van der Waals surface area contributed by atoms with E-state index in [9.17, 15) is 15.0 Å². The van der Waals surface area contributed by atoms with Gasteiger partial charge < -0.3 is 19.8 Å². The molecule has 1 aliphatic rings. The summed E-state index contributed by atoms with van der Waals surface area (Å²) in [7, 11) is 0. The largest absolute Gasteiger partial charge is 0.480 e. The fourth-order valence-corrected chi connectivity index (χ4v) is 2.77. The van der Waals surface area contributed by atoms with Crippen molar-refractivity contribution in [2.75, 3.05) is 0 Å². The molecule has 0 aromatic carbocycles. The van der Waals surface area contributed by atoms with Crippen molar-refractivity contribution in [1.29, 1.82) is 0 Å². The van der Waals surface area contributed by atoms with Crippen LogP contribution in [0.3, 0.4) is 0 Å². The van der Waals surface area contributed by atoms with E-state index in [0.29, 0.717) is 18.7 Å². The van der Waals surface area contributed by atoms with Gasteiger partial charge in [-0.05, 0) is 18.1 Å². The Labute approximate surface area is 121 Å². The zero-order chi connectivity index (χ0) is 14.8. The standard InChI is InChI=1S/C14H18N4O3/c19-12-2-4-18-3-1-9(13(12)18)6-16-11(14(20)21)5-10-7-15-8-17-10/h1,3,7-8,11-12,16,19H,2,4-6H2,(H,15,17)(H,20,21). The number of carboxylic acid groups (broad SMARTS) is 1. The van der Waals surface area contributed by atoms with E-state index < -0.39 is 18.1 Å². The number of aromatic amines is 1. The molecule has 7 nitrogen and oxygen atoms in total. The third-order valence-electron chi connectivity index (χ3n) is 3.86. The van der Waals surface area contributed by atoms with Crippen LogP contribution in [0.5, 0.6) is 0 Å². The van der Waals surface area contributed by atoms with Crippen LogP contribution in [-0.2, 0) is 24.3 Å². The topological polar surface area (TPSA) is 103 Å². The van der Waals surface area contributed by atoms with Gasteiger partial charge >= 0.3 is 5.97 Å². The van der Waals surface area contributed by atoms with Crippen molar-refractivity contribution in [2.24, 2.45) is 0 Å². The number of fused-ring (bicyclic) bond motifs is 1. The molecule has 0 aliphatic carbocycles. The first-order valence-corrected chi connectivity index (χ1v) is 6.95. The number of aromatic nitrogens is 3. The van der Waals surface area contributed by atoms with E-state index >= 15 is 0 Å². The first-order valence-electron chi connectivity index (χ1n) is 6.95. The number of hydrogen-bond acceptors (Lipinski definition) is 4. The van der Waals surface area contributed by atoms with Gasteiger partial charge in [0.1, 0.15) is 6.04 Å². The molecule has 1 aliphatic heterocycles. The Kier molecular flexibility index (Phi) is 3.76. The molecule has 0 fully saturated rings. The van der Waals surface area contributed by atoms with Gasteiger partial charge in [-0.25, -0.2) is 4.98 Å². The Morgan fingerprint density at radius 2 is 2.48 bits per heavy atom. The monoisotopic (exact) mass is 290 g/mol. The highest BCUT2D eigenvalue weighted by atomic mass is 16.4. The molecule has 4 N–H and O–H groups in total. The fourth-order valence-electron chi connectivity index (χ4n) is 2.77. The van der Waals surface area contributed by atoms with Crippen molar-refractivity contribution in [2.45, 2.75) is 38.1 Å². The molecule has 0 spiro atoms. The number of H-pyrrole nitrogens is 1. The van der Waals surface area contributed by atoms with Gasteiger partial charge in [0.15, 0.2) is 0 Å². The van der Waals surface area contributed by atoms with Crippen LogP contribution in [0.25, 0.3) is 0 Å². The number of imidazole rings is 1. The average molecular weight is 290 g/mol. The summed E-state index contributed by atoms with van der Waals surface area (Å²) in [6.07, 6.45) is 5.75. The summed E-state index contributed by atoms with van der Waals surface area (Å²) in [5.41, 5.74) is 2.55. The lowest BCUT2D eigenvalue weighted by Gasteiger charge is -2.14. The lowest BCUT2D eigenvalue weighted by Crippen LogP contribution is -2.38. The predicted octanol–water partition coefficient (Wildman–Crippen LogP) is 0.434. The predicted molar refractivity (Wildman–Crippen MR) is 74.6 cm³/mol. The van der Waals surface area contributed by atoms with E-state index in [1.807, 2.05) is 16.8 Å². The highest BCUT2D eigenvalue weighted by molar-refractivity contribution is 5.73. The van der Waals surface area contributed by atoms with Crippen LogP contribution in [0.2, 0.25) is 0 Å². The average Bonchev–Trinajstić information content (AvgIpc) is 3.15. The Morgan fingerprint density at radius 1 is 1.62 bits per heavy atom. The Morgan fingerprint density at radius 3 is 3.19 bits per heavy atom. The summed E-state index contributed by atoms with van der Waals surface area (Å²) in [4.78, 5) is 18.2. The van der Waals surface area contributed by atoms with Gasteiger partial charge in [-0.3, -0.25) is 10.1 Å². The zero-order valence-corrected chi connectivity index (χ0v) is 11.5. The summed E-state index contributed by atoms with van der Waals surface area (Å²) in [5, 5.41) is 22.3. The van der Waals surface area contributed by atoms with Crippen LogP contribution in [0.4, 0.5) is 0 Å². The number of aliphatic hydroxyl groups is 1. The van der Waals surface area contributed by atoms with E-state index in [1.54, 1.807) is 6.20 Å². The second-order valence-corrected chi connectivity index (χ2v) is 5.26. The molecule has 2 unspecified atom stereocenters. The molecule has 3 rings (SSSR count). The van der Waals surface area contributed by atoms with Crippen molar-refractivity contribution < 1.29 is 15.0 Å². The van der Waals surface area contributed by atoms with Gasteiger partial charge in [-0.15, -0.1) is 0 Å². The van der Waals surface area contributed by atoms with E-state index in [4.69, 9.17) is 0 Å². The van der Waals surface area contributed by atoms with Crippen molar-refractivity contribution in [1.82, 2.24) is 19.9 Å². The molecule has 3 heterocycles. The molecule has 0 saturated carbocycles. The minimum absolute atomic E-state index is 0.317. The van der Waals surface area contributed by atoms with Crippen LogP contribution in [0, 0.1) is 0 Å². The van der Waals surface area contributed by atoms with Crippen LogP contribution in [-0.4, -0.2) is 36.8 Å². The van der Waals surface area contributed by atoms with Crippen LogP contribution in [0.15, 0.2) is 24.8 Å². The van der Waals surface area contributed by atoms with Crippen molar-refractivity contribution in [3.63, 3.8) is 0 Å². The van der Waals surface area contributed by atoms with Gasteiger partial charge in [0.05, 0.1) is 23.8 Å². The molecule has 2 aromatic rings. The number of aliphatic hydroxyl groups excluding tert-OH is 1. The van der Waals surface area contributed by atoms with Gasteiger partial charge in [-0.2, -0.15) is 0 Å². The molecule has 112 valence electrons. The van der Waals surface area contributed by atoms with E-state index in [0.717, 1.165) is 24.2 Å². The van der Waals surface area contributed by atoms with E-state index in [2.05, 4.69) is 15.3 Å². The Bertz CT molecular complexity index is 620.